The maximum Gasteiger partial charge on any atom is 0.127 e. The Balaban J connectivity index is 2.00. The molecule has 21 heavy (non-hydrogen) atoms. The molecule has 2 aromatic rings. The van der Waals surface area contributed by atoms with Crippen molar-refractivity contribution in [1.29, 1.82) is 0 Å². The maximum atomic E-state index is 6.00. The standard InChI is InChI=1S/C19H23NO/c1-2-13-20-18(15-8-4-3-5-9-15)17-12-6-10-16-11-7-14-21-19(16)17/h3-6,8-10,12,18,20H,2,7,11,13-14H2,1H3. The lowest BCUT2D eigenvalue weighted by molar-refractivity contribution is 0.283. The summed E-state index contributed by atoms with van der Waals surface area (Å²) in [5.74, 6) is 1.10. The Morgan fingerprint density at radius 2 is 1.95 bits per heavy atom. The average Bonchev–Trinajstić information content (AvgIpc) is 2.56. The van der Waals surface area contributed by atoms with E-state index in [1.165, 1.54) is 16.7 Å². The van der Waals surface area contributed by atoms with Crippen LogP contribution in [0.4, 0.5) is 0 Å². The van der Waals surface area contributed by atoms with Gasteiger partial charge in [0.15, 0.2) is 0 Å². The van der Waals surface area contributed by atoms with E-state index in [1.807, 2.05) is 0 Å². The molecular formula is C19H23NO. The van der Waals surface area contributed by atoms with Crippen molar-refractivity contribution in [2.24, 2.45) is 0 Å². The van der Waals surface area contributed by atoms with Gasteiger partial charge in [-0.2, -0.15) is 0 Å². The number of aryl methyl sites for hydroxylation is 1. The molecule has 2 heteroatoms. The third kappa shape index (κ3) is 3.11. The summed E-state index contributed by atoms with van der Waals surface area (Å²) < 4.78 is 6.00. The minimum absolute atomic E-state index is 0.208. The fraction of sp³-hybridized carbons (Fsp3) is 0.368. The van der Waals surface area contributed by atoms with E-state index in [0.29, 0.717) is 0 Å². The van der Waals surface area contributed by atoms with Gasteiger partial charge in [-0.05, 0) is 36.9 Å². The van der Waals surface area contributed by atoms with Crippen molar-refractivity contribution in [3.05, 3.63) is 65.2 Å². The van der Waals surface area contributed by atoms with Crippen LogP contribution in [0.5, 0.6) is 5.75 Å². The van der Waals surface area contributed by atoms with Gasteiger partial charge in [0.1, 0.15) is 5.75 Å². The van der Waals surface area contributed by atoms with Gasteiger partial charge in [0.25, 0.3) is 0 Å². The van der Waals surface area contributed by atoms with Crippen LogP contribution in [0.1, 0.15) is 42.5 Å². The summed E-state index contributed by atoms with van der Waals surface area (Å²) in [5.41, 5.74) is 3.92. The Morgan fingerprint density at radius 1 is 1.10 bits per heavy atom. The second-order valence-electron chi connectivity index (χ2n) is 5.59. The number of hydrogen-bond donors (Lipinski definition) is 1. The molecule has 1 unspecified atom stereocenters. The molecule has 3 rings (SSSR count). The zero-order valence-corrected chi connectivity index (χ0v) is 12.6. The molecule has 0 fully saturated rings. The third-order valence-electron chi connectivity index (χ3n) is 4.01. The summed E-state index contributed by atoms with van der Waals surface area (Å²) in [6.45, 7) is 4.04. The molecule has 1 atom stereocenters. The van der Waals surface area contributed by atoms with Gasteiger partial charge in [0, 0.05) is 5.56 Å². The van der Waals surface area contributed by atoms with Gasteiger partial charge >= 0.3 is 0 Å². The quantitative estimate of drug-likeness (QED) is 0.891. The fourth-order valence-corrected chi connectivity index (χ4v) is 2.98. The van der Waals surface area contributed by atoms with Crippen LogP contribution in [0.2, 0.25) is 0 Å². The Labute approximate surface area is 127 Å². The predicted molar refractivity (Wildman–Crippen MR) is 86.8 cm³/mol. The van der Waals surface area contributed by atoms with Gasteiger partial charge in [-0.1, -0.05) is 55.5 Å². The first kappa shape index (κ1) is 14.2. The minimum Gasteiger partial charge on any atom is -0.493 e. The second kappa shape index (κ2) is 6.77. The highest BCUT2D eigenvalue weighted by atomic mass is 16.5. The first-order chi connectivity index (χ1) is 10.4. The zero-order valence-electron chi connectivity index (χ0n) is 12.6. The van der Waals surface area contributed by atoms with Crippen molar-refractivity contribution in [3.8, 4) is 5.75 Å². The largest absolute Gasteiger partial charge is 0.493 e. The van der Waals surface area contributed by atoms with Gasteiger partial charge in [-0.3, -0.25) is 0 Å². The SMILES string of the molecule is CCCNC(c1ccccc1)c1cccc2c1OCCC2. The molecule has 1 aliphatic heterocycles. The maximum absolute atomic E-state index is 6.00. The number of para-hydroxylation sites is 1. The highest BCUT2D eigenvalue weighted by Crippen LogP contribution is 2.35. The molecule has 0 saturated heterocycles. The first-order valence-electron chi connectivity index (χ1n) is 7.93. The van der Waals surface area contributed by atoms with Crippen LogP contribution < -0.4 is 10.1 Å². The van der Waals surface area contributed by atoms with Gasteiger partial charge < -0.3 is 10.1 Å². The van der Waals surface area contributed by atoms with Gasteiger partial charge in [-0.25, -0.2) is 0 Å². The van der Waals surface area contributed by atoms with Crippen LogP contribution in [0, 0.1) is 0 Å². The number of ether oxygens (including phenoxy) is 1. The molecule has 2 nitrogen and oxygen atoms in total. The van der Waals surface area contributed by atoms with Gasteiger partial charge in [0.2, 0.25) is 0 Å². The first-order valence-corrected chi connectivity index (χ1v) is 7.93. The molecule has 2 aromatic carbocycles. The van der Waals surface area contributed by atoms with Gasteiger partial charge in [-0.15, -0.1) is 0 Å². The molecule has 0 saturated carbocycles. The normalized spacial score (nSPS) is 15.1. The van der Waals surface area contributed by atoms with Crippen LogP contribution >= 0.6 is 0 Å². The van der Waals surface area contributed by atoms with Crippen LogP contribution in [-0.2, 0) is 6.42 Å². The molecule has 0 amide bonds. The monoisotopic (exact) mass is 281 g/mol. The minimum atomic E-state index is 0.208. The fourth-order valence-electron chi connectivity index (χ4n) is 2.98. The van der Waals surface area contributed by atoms with Crippen LogP contribution in [0.25, 0.3) is 0 Å². The van der Waals surface area contributed by atoms with E-state index < -0.39 is 0 Å². The van der Waals surface area contributed by atoms with Crippen LogP contribution in [0.15, 0.2) is 48.5 Å². The Kier molecular flexibility index (Phi) is 4.56. The molecular weight excluding hydrogens is 258 g/mol. The average molecular weight is 281 g/mol. The van der Waals surface area contributed by atoms with E-state index in [9.17, 15) is 0 Å². The summed E-state index contributed by atoms with van der Waals surface area (Å²) in [5, 5.41) is 3.67. The third-order valence-corrected chi connectivity index (χ3v) is 4.01. The van der Waals surface area contributed by atoms with Crippen molar-refractivity contribution in [2.45, 2.75) is 32.2 Å². The van der Waals surface area contributed by atoms with E-state index in [2.05, 4.69) is 60.8 Å². The van der Waals surface area contributed by atoms with E-state index in [4.69, 9.17) is 4.74 Å². The highest BCUT2D eigenvalue weighted by Gasteiger charge is 2.21. The van der Waals surface area contributed by atoms with Gasteiger partial charge in [0.05, 0.1) is 12.6 Å². The van der Waals surface area contributed by atoms with E-state index in [-0.39, 0.29) is 6.04 Å². The van der Waals surface area contributed by atoms with Crippen LogP contribution in [-0.4, -0.2) is 13.2 Å². The topological polar surface area (TPSA) is 21.3 Å². The van der Waals surface area contributed by atoms with Crippen molar-refractivity contribution in [1.82, 2.24) is 5.32 Å². The van der Waals surface area contributed by atoms with Crippen molar-refractivity contribution in [2.75, 3.05) is 13.2 Å². The molecule has 0 radical (unpaired) electrons. The molecule has 1 N–H and O–H groups in total. The second-order valence-corrected chi connectivity index (χ2v) is 5.59. The summed E-state index contributed by atoms with van der Waals surface area (Å²) in [4.78, 5) is 0. The lowest BCUT2D eigenvalue weighted by atomic mass is 9.93. The van der Waals surface area contributed by atoms with Crippen LogP contribution in [0.3, 0.4) is 0 Å². The number of benzene rings is 2. The number of fused-ring (bicyclic) bond motifs is 1. The van der Waals surface area contributed by atoms with E-state index in [1.54, 1.807) is 0 Å². The molecule has 0 aliphatic carbocycles. The lowest BCUT2D eigenvalue weighted by Crippen LogP contribution is -2.25. The number of nitrogens with one attached hydrogen (secondary N) is 1. The molecule has 0 spiro atoms. The molecule has 0 aromatic heterocycles. The molecule has 1 heterocycles. The summed E-state index contributed by atoms with van der Waals surface area (Å²) >= 11 is 0. The summed E-state index contributed by atoms with van der Waals surface area (Å²) in [7, 11) is 0. The predicted octanol–water partition coefficient (Wildman–Crippen LogP) is 4.10. The Morgan fingerprint density at radius 3 is 2.76 bits per heavy atom. The van der Waals surface area contributed by atoms with Crippen molar-refractivity contribution in [3.63, 3.8) is 0 Å². The highest BCUT2D eigenvalue weighted by molar-refractivity contribution is 5.47. The molecule has 0 bridgehead atoms. The van der Waals surface area contributed by atoms with Crippen molar-refractivity contribution >= 4 is 0 Å². The summed E-state index contributed by atoms with van der Waals surface area (Å²) in [6, 6.07) is 17.4. The zero-order chi connectivity index (χ0) is 14.5. The van der Waals surface area contributed by atoms with E-state index >= 15 is 0 Å². The smallest absolute Gasteiger partial charge is 0.127 e. The Hall–Kier alpha value is -1.80. The summed E-state index contributed by atoms with van der Waals surface area (Å²) in [6.07, 6.45) is 3.37. The molecule has 110 valence electrons. The number of hydrogen-bond acceptors (Lipinski definition) is 2. The van der Waals surface area contributed by atoms with E-state index in [0.717, 1.165) is 38.2 Å². The Bertz CT molecular complexity index is 579. The lowest BCUT2D eigenvalue weighted by Gasteiger charge is -2.26. The van der Waals surface area contributed by atoms with Crippen molar-refractivity contribution < 1.29 is 4.74 Å². The number of rotatable bonds is 5. The molecule has 1 aliphatic rings.